The van der Waals surface area contributed by atoms with Crippen LogP contribution in [-0.4, -0.2) is 81.7 Å². The molecule has 1 rings (SSSR count). The minimum absolute atomic E-state index is 0.0539. The van der Waals surface area contributed by atoms with Gasteiger partial charge >= 0.3 is 12.0 Å². The van der Waals surface area contributed by atoms with E-state index >= 15 is 0 Å². The van der Waals surface area contributed by atoms with Gasteiger partial charge in [0.15, 0.2) is 0 Å². The number of sulfonamides is 1. The molecule has 0 aromatic carbocycles. The van der Waals surface area contributed by atoms with E-state index < -0.39 is 46.5 Å². The lowest BCUT2D eigenvalue weighted by atomic mass is 10.2. The summed E-state index contributed by atoms with van der Waals surface area (Å²) in [5.74, 6) is -1.16. The van der Waals surface area contributed by atoms with E-state index in [1.165, 1.54) is 11.0 Å². The van der Waals surface area contributed by atoms with Crippen LogP contribution < -0.4 is 4.72 Å². The molecule has 12 nitrogen and oxygen atoms in total. The van der Waals surface area contributed by atoms with Gasteiger partial charge in [-0.2, -0.15) is 0 Å². The number of urea groups is 1. The number of carbonyl (C=O) groups is 2. The van der Waals surface area contributed by atoms with Crippen LogP contribution in [0.5, 0.6) is 0 Å². The summed E-state index contributed by atoms with van der Waals surface area (Å²) in [6.45, 7) is 3.75. The van der Waals surface area contributed by atoms with E-state index in [1.807, 2.05) is 4.72 Å². The fraction of sp³-hybridized carbons (Fsp3) is 0.750. The van der Waals surface area contributed by atoms with Crippen molar-refractivity contribution in [3.63, 3.8) is 0 Å². The number of hydrogen-bond donors (Lipinski definition) is 2. The third-order valence-electron chi connectivity index (χ3n) is 2.62. The Morgan fingerprint density at radius 3 is 2.56 bits per heavy atom. The Bertz CT molecular complexity index is 669. The van der Waals surface area contributed by atoms with Crippen molar-refractivity contribution in [2.75, 3.05) is 25.4 Å². The van der Waals surface area contributed by atoms with Crippen LogP contribution in [-0.2, 0) is 26.1 Å². The molecule has 0 aliphatic carbocycles. The molecule has 2 N–H and O–H groups in total. The molecule has 1 heterocycles. The van der Waals surface area contributed by atoms with Crippen molar-refractivity contribution < 1.29 is 27.9 Å². The van der Waals surface area contributed by atoms with E-state index in [9.17, 15) is 18.0 Å². The van der Waals surface area contributed by atoms with Gasteiger partial charge in [0.1, 0.15) is 18.5 Å². The SMILES string of the molecule is CC(C)(C)OC(=O)CN(CCO)C(=O)NS(=O)(=O)CCn1cnnn1. The second-order valence-electron chi connectivity index (χ2n) is 6.03. The van der Waals surface area contributed by atoms with Crippen LogP contribution in [0.3, 0.4) is 0 Å². The first-order valence-corrected chi connectivity index (χ1v) is 9.00. The second kappa shape index (κ2) is 8.71. The molecule has 2 amide bonds. The average Bonchev–Trinajstić information content (AvgIpc) is 2.95. The summed E-state index contributed by atoms with van der Waals surface area (Å²) in [5, 5.41) is 19.2. The number of tetrazole rings is 1. The lowest BCUT2D eigenvalue weighted by Crippen LogP contribution is -2.48. The number of nitrogens with zero attached hydrogens (tertiary/aromatic N) is 5. The predicted octanol–water partition coefficient (Wildman–Crippen LogP) is -1.65. The van der Waals surface area contributed by atoms with Crippen molar-refractivity contribution in [1.29, 1.82) is 0 Å². The molecule has 0 spiro atoms. The lowest BCUT2D eigenvalue weighted by Gasteiger charge is -2.24. The van der Waals surface area contributed by atoms with Crippen LogP contribution in [0.4, 0.5) is 4.79 Å². The summed E-state index contributed by atoms with van der Waals surface area (Å²) in [6.07, 6.45) is 1.23. The number of carbonyl (C=O) groups excluding carboxylic acids is 2. The van der Waals surface area contributed by atoms with Crippen molar-refractivity contribution >= 4 is 22.0 Å². The maximum absolute atomic E-state index is 12.1. The third-order valence-corrected chi connectivity index (χ3v) is 3.83. The standard InChI is InChI=1S/C12H22N6O6S/c1-12(2,3)24-10(20)8-17(4-6-19)11(21)14-25(22,23)7-5-18-9-13-15-16-18/h9,19H,4-8H2,1-3H3,(H,14,21). The van der Waals surface area contributed by atoms with E-state index in [1.54, 1.807) is 20.8 Å². The smallest absolute Gasteiger partial charge is 0.331 e. The van der Waals surface area contributed by atoms with Crippen LogP contribution in [0.2, 0.25) is 0 Å². The molecule has 1 aromatic rings. The zero-order chi connectivity index (χ0) is 19.1. The van der Waals surface area contributed by atoms with Crippen molar-refractivity contribution in [2.45, 2.75) is 32.9 Å². The molecular weight excluding hydrogens is 356 g/mol. The molecule has 1 aromatic heterocycles. The molecule has 0 unspecified atom stereocenters. The topological polar surface area (TPSA) is 157 Å². The van der Waals surface area contributed by atoms with Crippen molar-refractivity contribution in [1.82, 2.24) is 29.8 Å². The monoisotopic (exact) mass is 378 g/mol. The molecule has 13 heteroatoms. The molecule has 25 heavy (non-hydrogen) atoms. The number of aryl methyl sites for hydroxylation is 1. The number of hydrogen-bond acceptors (Lipinski definition) is 9. The molecule has 0 aliphatic heterocycles. The van der Waals surface area contributed by atoms with Crippen LogP contribution in [0, 0.1) is 0 Å². The Morgan fingerprint density at radius 2 is 2.04 bits per heavy atom. The van der Waals surface area contributed by atoms with E-state index in [4.69, 9.17) is 9.84 Å². The van der Waals surface area contributed by atoms with Crippen LogP contribution in [0.15, 0.2) is 6.33 Å². The van der Waals surface area contributed by atoms with E-state index in [-0.39, 0.29) is 13.1 Å². The normalized spacial score (nSPS) is 11.8. The van der Waals surface area contributed by atoms with Crippen LogP contribution in [0.1, 0.15) is 20.8 Å². The first-order valence-electron chi connectivity index (χ1n) is 7.35. The molecule has 0 radical (unpaired) electrons. The van der Waals surface area contributed by atoms with Gasteiger partial charge in [-0.15, -0.1) is 5.10 Å². The minimum Gasteiger partial charge on any atom is -0.459 e. The molecule has 0 saturated carbocycles. The van der Waals surface area contributed by atoms with Crippen molar-refractivity contribution in [3.05, 3.63) is 6.33 Å². The fourth-order valence-electron chi connectivity index (χ4n) is 1.65. The Morgan fingerprint density at radius 1 is 1.36 bits per heavy atom. The van der Waals surface area contributed by atoms with E-state index in [2.05, 4.69) is 15.5 Å². The largest absolute Gasteiger partial charge is 0.459 e. The number of esters is 1. The van der Waals surface area contributed by atoms with Gasteiger partial charge in [-0.25, -0.2) is 22.6 Å². The Kier molecular flexibility index (Phi) is 7.23. The minimum atomic E-state index is -3.98. The van der Waals surface area contributed by atoms with Crippen molar-refractivity contribution in [2.24, 2.45) is 0 Å². The number of aliphatic hydroxyl groups excluding tert-OH is 1. The van der Waals surface area contributed by atoms with Gasteiger partial charge in [-0.05, 0) is 31.2 Å². The van der Waals surface area contributed by atoms with Crippen molar-refractivity contribution in [3.8, 4) is 0 Å². The summed E-state index contributed by atoms with van der Waals surface area (Å²) in [4.78, 5) is 24.7. The van der Waals surface area contributed by atoms with Gasteiger partial charge in [0.25, 0.3) is 0 Å². The Hall–Kier alpha value is -2.28. The summed E-state index contributed by atoms with van der Waals surface area (Å²) >= 11 is 0. The number of amides is 2. The van der Waals surface area contributed by atoms with Gasteiger partial charge in [0, 0.05) is 6.54 Å². The Labute approximate surface area is 145 Å². The van der Waals surface area contributed by atoms with E-state index in [0.29, 0.717) is 0 Å². The molecular formula is C12H22N6O6S. The van der Waals surface area contributed by atoms with Gasteiger partial charge in [-0.1, -0.05) is 0 Å². The zero-order valence-corrected chi connectivity index (χ0v) is 15.1. The third kappa shape index (κ3) is 8.39. The number of nitrogens with one attached hydrogen (secondary N) is 1. The predicted molar refractivity (Wildman–Crippen MR) is 84.6 cm³/mol. The molecule has 0 saturated heterocycles. The van der Waals surface area contributed by atoms with Gasteiger partial charge in [0.2, 0.25) is 10.0 Å². The number of rotatable bonds is 8. The fourth-order valence-corrected chi connectivity index (χ4v) is 2.57. The average molecular weight is 378 g/mol. The summed E-state index contributed by atoms with van der Waals surface area (Å²) in [7, 11) is -3.98. The highest BCUT2D eigenvalue weighted by molar-refractivity contribution is 7.90. The first kappa shape index (κ1) is 20.8. The molecule has 0 aliphatic rings. The number of aromatic nitrogens is 4. The molecule has 0 fully saturated rings. The van der Waals surface area contributed by atoms with Crippen LogP contribution >= 0.6 is 0 Å². The van der Waals surface area contributed by atoms with Gasteiger partial charge < -0.3 is 14.7 Å². The molecule has 0 bridgehead atoms. The second-order valence-corrected chi connectivity index (χ2v) is 7.87. The maximum Gasteiger partial charge on any atom is 0.331 e. The lowest BCUT2D eigenvalue weighted by molar-refractivity contribution is -0.155. The number of aliphatic hydroxyl groups is 1. The van der Waals surface area contributed by atoms with Gasteiger partial charge in [0.05, 0.1) is 18.9 Å². The van der Waals surface area contributed by atoms with Gasteiger partial charge in [-0.3, -0.25) is 4.79 Å². The van der Waals surface area contributed by atoms with E-state index in [0.717, 1.165) is 4.90 Å². The summed E-state index contributed by atoms with van der Waals surface area (Å²) < 4.78 is 32.0. The highest BCUT2D eigenvalue weighted by Gasteiger charge is 2.24. The summed E-state index contributed by atoms with van der Waals surface area (Å²) in [5.41, 5.74) is -0.754. The highest BCUT2D eigenvalue weighted by Crippen LogP contribution is 2.07. The zero-order valence-electron chi connectivity index (χ0n) is 14.2. The Balaban J connectivity index is 2.63. The quantitative estimate of drug-likeness (QED) is 0.506. The highest BCUT2D eigenvalue weighted by atomic mass is 32.2. The molecule has 142 valence electrons. The first-order chi connectivity index (χ1) is 11.5. The molecule has 0 atom stereocenters. The number of ether oxygens (including phenoxy) is 1. The maximum atomic E-state index is 12.1. The summed E-state index contributed by atoms with van der Waals surface area (Å²) in [6, 6.07) is -1.03. The van der Waals surface area contributed by atoms with Crippen LogP contribution in [0.25, 0.3) is 0 Å².